The van der Waals surface area contributed by atoms with Gasteiger partial charge in [0.15, 0.2) is 0 Å². The van der Waals surface area contributed by atoms with Gasteiger partial charge in [-0.25, -0.2) is 0 Å². The number of nitrogens with two attached hydrogens (primary N) is 1. The van der Waals surface area contributed by atoms with E-state index in [0.717, 1.165) is 16.0 Å². The maximum Gasteiger partial charge on any atom is 0.123 e. The van der Waals surface area contributed by atoms with E-state index in [0.29, 0.717) is 0 Å². The number of benzene rings is 1. The number of aryl methyl sites for hydroxylation is 1. The third-order valence-corrected chi connectivity index (χ3v) is 4.48. The first-order valence-corrected chi connectivity index (χ1v) is 6.53. The zero-order valence-corrected chi connectivity index (χ0v) is 10.5. The van der Waals surface area contributed by atoms with Crippen LogP contribution in [0.2, 0.25) is 0 Å². The second-order valence-corrected chi connectivity index (χ2v) is 5.66. The van der Waals surface area contributed by atoms with E-state index in [4.69, 9.17) is 11.1 Å². The molecule has 2 rings (SSSR count). The number of nitrogen functional groups attached to an aromatic ring is 1. The molecule has 0 radical (unpaired) electrons. The Hall–Kier alpha value is -1.26. The Morgan fingerprint density at radius 1 is 1.31 bits per heavy atom. The van der Waals surface area contributed by atoms with Crippen molar-refractivity contribution in [2.45, 2.75) is 16.0 Å². The summed E-state index contributed by atoms with van der Waals surface area (Å²) in [6, 6.07) is 9.97. The molecule has 0 aliphatic carbocycles. The number of hydrogen-bond acceptors (Lipinski definition) is 3. The summed E-state index contributed by atoms with van der Waals surface area (Å²) in [7, 11) is 0. The molecule has 3 N–H and O–H groups in total. The fraction of sp³-hybridized carbons (Fsp3) is 0.0833. The summed E-state index contributed by atoms with van der Waals surface area (Å²) in [4.78, 5) is 1.08. The number of hydrogen-bond donors (Lipinski definition) is 2. The van der Waals surface area contributed by atoms with Crippen LogP contribution in [0.3, 0.4) is 0 Å². The first-order chi connectivity index (χ1) is 7.68. The molecule has 0 aliphatic rings. The van der Waals surface area contributed by atoms with Crippen LogP contribution in [-0.2, 0) is 0 Å². The number of thiophene rings is 1. The third kappa shape index (κ3) is 2.28. The van der Waals surface area contributed by atoms with Crippen LogP contribution in [0.4, 0.5) is 0 Å². The number of amidine groups is 1. The van der Waals surface area contributed by atoms with E-state index < -0.39 is 0 Å². The molecule has 4 heteroatoms. The zero-order valence-electron chi connectivity index (χ0n) is 8.86. The zero-order chi connectivity index (χ0) is 11.5. The van der Waals surface area contributed by atoms with E-state index in [-0.39, 0.29) is 5.84 Å². The highest BCUT2D eigenvalue weighted by Crippen LogP contribution is 2.35. The van der Waals surface area contributed by atoms with Crippen LogP contribution >= 0.6 is 23.1 Å². The van der Waals surface area contributed by atoms with Gasteiger partial charge in [-0.1, -0.05) is 36.0 Å². The molecule has 0 unspecified atom stereocenters. The fourth-order valence-electron chi connectivity index (χ4n) is 1.42. The molecule has 0 atom stereocenters. The van der Waals surface area contributed by atoms with Gasteiger partial charge in [0.1, 0.15) is 5.84 Å². The highest BCUT2D eigenvalue weighted by molar-refractivity contribution is 8.01. The van der Waals surface area contributed by atoms with Crippen molar-refractivity contribution in [3.8, 4) is 0 Å². The van der Waals surface area contributed by atoms with Crippen molar-refractivity contribution >= 4 is 28.9 Å². The molecule has 0 spiro atoms. The van der Waals surface area contributed by atoms with Crippen molar-refractivity contribution < 1.29 is 0 Å². The minimum absolute atomic E-state index is 0.128. The second kappa shape index (κ2) is 4.72. The predicted octanol–water partition coefficient (Wildman–Crippen LogP) is 3.49. The summed E-state index contributed by atoms with van der Waals surface area (Å²) in [5.41, 5.74) is 7.56. The molecule has 0 aliphatic heterocycles. The van der Waals surface area contributed by atoms with Gasteiger partial charge in [0.25, 0.3) is 0 Å². The van der Waals surface area contributed by atoms with Crippen molar-refractivity contribution in [1.82, 2.24) is 0 Å². The maximum absolute atomic E-state index is 7.57. The Morgan fingerprint density at radius 2 is 2.12 bits per heavy atom. The molecule has 2 nitrogen and oxygen atoms in total. The van der Waals surface area contributed by atoms with Gasteiger partial charge in [-0.2, -0.15) is 0 Å². The molecule has 16 heavy (non-hydrogen) atoms. The first-order valence-electron chi connectivity index (χ1n) is 4.84. The molecule has 82 valence electrons. The standard InChI is InChI=1S/C12H12N2S2/c1-8-4-2-5-9(12(13)14)11(8)16-10-6-3-7-15-10/h2-7H,1H3,(H3,13,14). The van der Waals surface area contributed by atoms with Gasteiger partial charge in [0, 0.05) is 10.5 Å². The Morgan fingerprint density at radius 3 is 2.75 bits per heavy atom. The Labute approximate surface area is 103 Å². The largest absolute Gasteiger partial charge is 0.384 e. The van der Waals surface area contributed by atoms with Crippen molar-refractivity contribution in [3.05, 3.63) is 46.8 Å². The van der Waals surface area contributed by atoms with Gasteiger partial charge >= 0.3 is 0 Å². The molecular formula is C12H12N2S2. The highest BCUT2D eigenvalue weighted by atomic mass is 32.2. The minimum Gasteiger partial charge on any atom is -0.384 e. The lowest BCUT2D eigenvalue weighted by atomic mass is 10.1. The molecule has 0 saturated heterocycles. The lowest BCUT2D eigenvalue weighted by molar-refractivity contribution is 1.26. The second-order valence-electron chi connectivity index (χ2n) is 3.40. The van der Waals surface area contributed by atoms with Gasteiger partial charge in [0.2, 0.25) is 0 Å². The molecule has 2 aromatic rings. The lowest BCUT2D eigenvalue weighted by Gasteiger charge is -2.09. The Kier molecular flexibility index (Phi) is 3.31. The van der Waals surface area contributed by atoms with Crippen molar-refractivity contribution in [2.75, 3.05) is 0 Å². The van der Waals surface area contributed by atoms with Crippen LogP contribution in [0.25, 0.3) is 0 Å². The third-order valence-electron chi connectivity index (χ3n) is 2.20. The molecule has 1 heterocycles. The number of nitrogens with one attached hydrogen (secondary N) is 1. The van der Waals surface area contributed by atoms with E-state index in [9.17, 15) is 0 Å². The molecule has 0 fully saturated rings. The molecule has 1 aromatic carbocycles. The topological polar surface area (TPSA) is 49.9 Å². The van der Waals surface area contributed by atoms with E-state index in [1.165, 1.54) is 4.21 Å². The minimum atomic E-state index is 0.128. The summed E-state index contributed by atoms with van der Waals surface area (Å²) < 4.78 is 1.22. The summed E-state index contributed by atoms with van der Waals surface area (Å²) >= 11 is 3.37. The van der Waals surface area contributed by atoms with Gasteiger partial charge < -0.3 is 5.73 Å². The van der Waals surface area contributed by atoms with Gasteiger partial charge in [-0.3, -0.25) is 5.41 Å². The van der Waals surface area contributed by atoms with Crippen LogP contribution in [0.1, 0.15) is 11.1 Å². The predicted molar refractivity (Wildman–Crippen MR) is 70.6 cm³/mol. The maximum atomic E-state index is 7.57. The lowest BCUT2D eigenvalue weighted by Crippen LogP contribution is -2.12. The van der Waals surface area contributed by atoms with Crippen LogP contribution in [0, 0.1) is 12.3 Å². The molecule has 0 saturated carbocycles. The van der Waals surface area contributed by atoms with Gasteiger partial charge in [-0.15, -0.1) is 11.3 Å². The van der Waals surface area contributed by atoms with Gasteiger partial charge in [-0.05, 0) is 23.9 Å². The quantitative estimate of drug-likeness (QED) is 0.645. The highest BCUT2D eigenvalue weighted by Gasteiger charge is 2.09. The van der Waals surface area contributed by atoms with E-state index in [1.807, 2.05) is 36.6 Å². The van der Waals surface area contributed by atoms with Crippen molar-refractivity contribution in [3.63, 3.8) is 0 Å². The average molecular weight is 248 g/mol. The van der Waals surface area contributed by atoms with Crippen LogP contribution < -0.4 is 5.73 Å². The summed E-state index contributed by atoms with van der Waals surface area (Å²) in [5, 5.41) is 9.62. The van der Waals surface area contributed by atoms with E-state index in [2.05, 4.69) is 6.07 Å². The van der Waals surface area contributed by atoms with Crippen molar-refractivity contribution in [2.24, 2.45) is 5.73 Å². The van der Waals surface area contributed by atoms with E-state index in [1.54, 1.807) is 23.1 Å². The molecule has 0 bridgehead atoms. The summed E-state index contributed by atoms with van der Waals surface area (Å²) in [5.74, 6) is 0.128. The Balaban J connectivity index is 2.42. The SMILES string of the molecule is Cc1cccc(C(=N)N)c1Sc1cccs1. The van der Waals surface area contributed by atoms with Crippen LogP contribution in [-0.4, -0.2) is 5.84 Å². The normalized spacial score (nSPS) is 10.3. The van der Waals surface area contributed by atoms with Gasteiger partial charge in [0.05, 0.1) is 4.21 Å². The van der Waals surface area contributed by atoms with E-state index >= 15 is 0 Å². The number of rotatable bonds is 3. The summed E-state index contributed by atoms with van der Waals surface area (Å²) in [6.07, 6.45) is 0. The monoisotopic (exact) mass is 248 g/mol. The van der Waals surface area contributed by atoms with Crippen LogP contribution in [0.5, 0.6) is 0 Å². The van der Waals surface area contributed by atoms with Crippen molar-refractivity contribution in [1.29, 1.82) is 5.41 Å². The fourth-order valence-corrected chi connectivity index (χ4v) is 3.34. The Bertz CT molecular complexity index is 504. The van der Waals surface area contributed by atoms with Crippen LogP contribution in [0.15, 0.2) is 44.8 Å². The smallest absolute Gasteiger partial charge is 0.123 e. The molecule has 1 aromatic heterocycles. The first kappa shape index (κ1) is 11.2. The molecular weight excluding hydrogens is 236 g/mol. The molecule has 0 amide bonds. The summed E-state index contributed by atoms with van der Waals surface area (Å²) in [6.45, 7) is 2.04. The average Bonchev–Trinajstić information content (AvgIpc) is 2.73.